The Morgan fingerprint density at radius 2 is 1.65 bits per heavy atom. The lowest BCUT2D eigenvalue weighted by atomic mass is 9.87. The van der Waals surface area contributed by atoms with Crippen LogP contribution in [0.25, 0.3) is 0 Å². The number of para-hydroxylation sites is 2. The number of ether oxygens (including phenoxy) is 1. The highest BCUT2D eigenvalue weighted by molar-refractivity contribution is 5.89. The van der Waals surface area contributed by atoms with Gasteiger partial charge < -0.3 is 10.1 Å². The van der Waals surface area contributed by atoms with E-state index in [1.54, 1.807) is 12.3 Å². The molecule has 0 saturated heterocycles. The Morgan fingerprint density at radius 3 is 2.31 bits per heavy atom. The molecule has 1 amide bonds. The maximum Gasteiger partial charge on any atom is 0.266 e. The van der Waals surface area contributed by atoms with Gasteiger partial charge in [0.15, 0.2) is 0 Å². The zero-order valence-electron chi connectivity index (χ0n) is 14.0. The lowest BCUT2D eigenvalue weighted by molar-refractivity contribution is -0.121. The molecule has 0 atom stereocenters. The maximum atomic E-state index is 12.9. The van der Waals surface area contributed by atoms with E-state index >= 15 is 0 Å². The number of nitrogens with zero attached hydrogens (tertiary/aromatic N) is 2. The summed E-state index contributed by atoms with van der Waals surface area (Å²) in [6.07, 6.45) is 1.55. The van der Waals surface area contributed by atoms with Crippen LogP contribution >= 0.6 is 0 Å². The van der Waals surface area contributed by atoms with E-state index in [1.807, 2.05) is 48.5 Å². The summed E-state index contributed by atoms with van der Waals surface area (Å²) in [6.45, 7) is 0.634. The third-order valence-electron chi connectivity index (χ3n) is 4.35. The molecule has 0 fully saturated rings. The molecule has 2 aromatic carbocycles. The smallest absolute Gasteiger partial charge is 0.266 e. The van der Waals surface area contributed by atoms with Crippen molar-refractivity contribution < 1.29 is 9.53 Å². The molecule has 0 radical (unpaired) electrons. The second-order valence-corrected chi connectivity index (χ2v) is 5.99. The third kappa shape index (κ3) is 2.97. The Balaban J connectivity index is 1.56. The van der Waals surface area contributed by atoms with E-state index in [9.17, 15) is 9.59 Å². The highest BCUT2D eigenvalue weighted by atomic mass is 16.5. The molecule has 0 bridgehead atoms. The molecule has 1 N–H and O–H groups in total. The summed E-state index contributed by atoms with van der Waals surface area (Å²) >= 11 is 0. The zero-order valence-corrected chi connectivity index (χ0v) is 14.0. The van der Waals surface area contributed by atoms with Crippen LogP contribution in [0.1, 0.15) is 17.0 Å². The first kappa shape index (κ1) is 16.1. The highest BCUT2D eigenvalue weighted by Crippen LogP contribution is 2.43. The first-order valence-corrected chi connectivity index (χ1v) is 8.39. The molecule has 130 valence electrons. The molecule has 1 aliphatic rings. The van der Waals surface area contributed by atoms with Crippen molar-refractivity contribution >= 4 is 5.91 Å². The second kappa shape index (κ2) is 6.84. The van der Waals surface area contributed by atoms with Crippen LogP contribution in [-0.2, 0) is 11.3 Å². The number of amides is 1. The van der Waals surface area contributed by atoms with Gasteiger partial charge in [0.1, 0.15) is 11.5 Å². The van der Waals surface area contributed by atoms with Crippen LogP contribution in [0.5, 0.6) is 11.5 Å². The summed E-state index contributed by atoms with van der Waals surface area (Å²) in [5.41, 5.74) is 1.47. The molecule has 26 heavy (non-hydrogen) atoms. The Bertz CT molecular complexity index is 967. The van der Waals surface area contributed by atoms with Crippen LogP contribution in [0.4, 0.5) is 0 Å². The lowest BCUT2D eigenvalue weighted by Gasteiger charge is -2.27. The van der Waals surface area contributed by atoms with Gasteiger partial charge in [-0.15, -0.1) is 0 Å². The third-order valence-corrected chi connectivity index (χ3v) is 4.35. The number of carbonyl (C=O) groups excluding carboxylic acids is 1. The quantitative estimate of drug-likeness (QED) is 0.786. The molecule has 6 heteroatoms. The van der Waals surface area contributed by atoms with Gasteiger partial charge in [0.05, 0.1) is 12.5 Å². The van der Waals surface area contributed by atoms with Gasteiger partial charge in [-0.2, -0.15) is 5.10 Å². The summed E-state index contributed by atoms with van der Waals surface area (Å²) < 4.78 is 7.24. The molecule has 4 rings (SSSR count). The van der Waals surface area contributed by atoms with Gasteiger partial charge in [0, 0.05) is 29.9 Å². The van der Waals surface area contributed by atoms with E-state index in [0.29, 0.717) is 24.6 Å². The number of benzene rings is 2. The summed E-state index contributed by atoms with van der Waals surface area (Å²) in [4.78, 5) is 24.6. The molecule has 0 saturated carbocycles. The van der Waals surface area contributed by atoms with Gasteiger partial charge in [-0.1, -0.05) is 36.4 Å². The van der Waals surface area contributed by atoms with E-state index in [-0.39, 0.29) is 11.5 Å². The fraction of sp³-hybridized carbons (Fsp3) is 0.150. The van der Waals surface area contributed by atoms with Gasteiger partial charge in [0.25, 0.3) is 5.56 Å². The normalized spacial score (nSPS) is 12.6. The monoisotopic (exact) mass is 347 g/mol. The molecule has 2 heterocycles. The van der Waals surface area contributed by atoms with Gasteiger partial charge >= 0.3 is 0 Å². The van der Waals surface area contributed by atoms with Crippen molar-refractivity contribution in [1.29, 1.82) is 0 Å². The van der Waals surface area contributed by atoms with Gasteiger partial charge in [0.2, 0.25) is 5.91 Å². The molecular formula is C20H17N3O3. The highest BCUT2D eigenvalue weighted by Gasteiger charge is 2.32. The van der Waals surface area contributed by atoms with Gasteiger partial charge in [-0.3, -0.25) is 9.59 Å². The first-order valence-electron chi connectivity index (χ1n) is 8.39. The van der Waals surface area contributed by atoms with E-state index in [1.165, 1.54) is 10.7 Å². The fourth-order valence-corrected chi connectivity index (χ4v) is 3.13. The van der Waals surface area contributed by atoms with Crippen LogP contribution in [0.2, 0.25) is 0 Å². The molecule has 0 aliphatic carbocycles. The second-order valence-electron chi connectivity index (χ2n) is 5.99. The first-order chi connectivity index (χ1) is 12.7. The predicted octanol–water partition coefficient (Wildman–Crippen LogP) is 2.30. The van der Waals surface area contributed by atoms with Crippen molar-refractivity contribution in [2.75, 3.05) is 6.54 Å². The van der Waals surface area contributed by atoms with E-state index in [0.717, 1.165) is 11.1 Å². The van der Waals surface area contributed by atoms with E-state index in [4.69, 9.17) is 4.74 Å². The molecule has 3 aromatic rings. The van der Waals surface area contributed by atoms with Crippen LogP contribution in [0.15, 0.2) is 71.7 Å². The number of rotatable bonds is 4. The van der Waals surface area contributed by atoms with Gasteiger partial charge in [-0.05, 0) is 18.2 Å². The van der Waals surface area contributed by atoms with Crippen LogP contribution in [-0.4, -0.2) is 22.2 Å². The summed E-state index contributed by atoms with van der Waals surface area (Å²) in [6, 6.07) is 18.1. The van der Waals surface area contributed by atoms with Gasteiger partial charge in [-0.25, -0.2) is 4.68 Å². The van der Waals surface area contributed by atoms with Crippen molar-refractivity contribution in [1.82, 2.24) is 15.1 Å². The van der Waals surface area contributed by atoms with E-state index < -0.39 is 5.92 Å². The minimum atomic E-state index is -0.448. The molecular weight excluding hydrogens is 330 g/mol. The van der Waals surface area contributed by atoms with Crippen molar-refractivity contribution in [3.8, 4) is 11.5 Å². The molecule has 1 aromatic heterocycles. The summed E-state index contributed by atoms with van der Waals surface area (Å²) in [5.74, 6) is 0.799. The molecule has 6 nitrogen and oxygen atoms in total. The zero-order chi connectivity index (χ0) is 17.9. The average molecular weight is 347 g/mol. The Morgan fingerprint density at radius 1 is 1.00 bits per heavy atom. The molecule has 1 aliphatic heterocycles. The van der Waals surface area contributed by atoms with Crippen molar-refractivity contribution in [2.45, 2.75) is 12.5 Å². The Kier molecular flexibility index (Phi) is 4.23. The number of aromatic nitrogens is 2. The Labute approximate surface area is 150 Å². The maximum absolute atomic E-state index is 12.9. The van der Waals surface area contributed by atoms with Crippen molar-refractivity contribution in [2.24, 2.45) is 0 Å². The largest absolute Gasteiger partial charge is 0.457 e. The van der Waals surface area contributed by atoms with Crippen molar-refractivity contribution in [3.63, 3.8) is 0 Å². The number of fused-ring (bicyclic) bond motifs is 2. The van der Waals surface area contributed by atoms with E-state index in [2.05, 4.69) is 10.4 Å². The number of carbonyl (C=O) groups is 1. The van der Waals surface area contributed by atoms with Crippen molar-refractivity contribution in [3.05, 3.63) is 88.3 Å². The summed E-state index contributed by atoms with van der Waals surface area (Å²) in [5, 5.41) is 6.91. The topological polar surface area (TPSA) is 73.2 Å². The SMILES string of the molecule is O=C(NCCn1ncccc1=O)C1c2ccccc2Oc2ccccc21. The summed E-state index contributed by atoms with van der Waals surface area (Å²) in [7, 11) is 0. The molecule has 0 spiro atoms. The number of hydrogen-bond acceptors (Lipinski definition) is 4. The average Bonchev–Trinajstić information content (AvgIpc) is 2.67. The number of nitrogens with one attached hydrogen (secondary N) is 1. The predicted molar refractivity (Wildman–Crippen MR) is 96.3 cm³/mol. The number of hydrogen-bond donors (Lipinski definition) is 1. The minimum absolute atomic E-state index is 0.128. The standard InChI is InChI=1S/C20H17N3O3/c24-18-10-5-11-22-23(18)13-12-21-20(25)19-14-6-1-3-8-16(14)26-17-9-4-2-7-15(17)19/h1-11,19H,12-13H2,(H,21,25). The lowest BCUT2D eigenvalue weighted by Crippen LogP contribution is -2.35. The van der Waals surface area contributed by atoms with Crippen LogP contribution in [0.3, 0.4) is 0 Å². The molecule has 0 unspecified atom stereocenters. The fourth-order valence-electron chi connectivity index (χ4n) is 3.13. The minimum Gasteiger partial charge on any atom is -0.457 e. The van der Waals surface area contributed by atoms with Crippen LogP contribution in [0, 0.1) is 0 Å². The Hall–Kier alpha value is -3.41. The van der Waals surface area contributed by atoms with Crippen LogP contribution < -0.4 is 15.6 Å².